The first kappa shape index (κ1) is 17.2. The fourth-order valence-corrected chi connectivity index (χ4v) is 2.09. The smallest absolute Gasteiger partial charge is 0.0687 e. The quantitative estimate of drug-likeness (QED) is 0.808. The molecule has 0 saturated carbocycles. The van der Waals surface area contributed by atoms with Crippen LogP contribution in [0.1, 0.15) is 66.1 Å². The van der Waals surface area contributed by atoms with Crippen LogP contribution in [0.15, 0.2) is 12.3 Å². The molecular formula is C16H31N3O. The molecule has 4 nitrogen and oxygen atoms in total. The summed E-state index contributed by atoms with van der Waals surface area (Å²) in [4.78, 5) is 0. The maximum atomic E-state index is 10.5. The highest BCUT2D eigenvalue weighted by molar-refractivity contribution is 5.04. The lowest BCUT2D eigenvalue weighted by atomic mass is 9.95. The molecule has 116 valence electrons. The predicted molar refractivity (Wildman–Crippen MR) is 83.9 cm³/mol. The van der Waals surface area contributed by atoms with Crippen molar-refractivity contribution in [3.8, 4) is 0 Å². The van der Waals surface area contributed by atoms with E-state index >= 15 is 0 Å². The Morgan fingerprint density at radius 3 is 2.55 bits per heavy atom. The zero-order chi connectivity index (χ0) is 15.4. The molecule has 0 aromatic carbocycles. The van der Waals surface area contributed by atoms with Gasteiger partial charge in [-0.2, -0.15) is 5.10 Å². The average Bonchev–Trinajstić information content (AvgIpc) is 2.73. The van der Waals surface area contributed by atoms with Crippen molar-refractivity contribution in [3.63, 3.8) is 0 Å². The number of nitrogens with one attached hydrogen (secondary N) is 1. The first-order valence-electron chi connectivity index (χ1n) is 7.64. The third kappa shape index (κ3) is 6.06. The van der Waals surface area contributed by atoms with Gasteiger partial charge in [0.1, 0.15) is 0 Å². The molecule has 0 fully saturated rings. The van der Waals surface area contributed by atoms with Crippen LogP contribution in [-0.4, -0.2) is 32.6 Å². The number of hydrogen-bond donors (Lipinski definition) is 2. The van der Waals surface area contributed by atoms with E-state index in [-0.39, 0.29) is 5.54 Å². The first-order chi connectivity index (χ1) is 9.13. The maximum absolute atomic E-state index is 10.5. The van der Waals surface area contributed by atoms with Gasteiger partial charge >= 0.3 is 0 Å². The van der Waals surface area contributed by atoms with E-state index in [0.717, 1.165) is 25.1 Å². The summed E-state index contributed by atoms with van der Waals surface area (Å²) < 4.78 is 1.98. The highest BCUT2D eigenvalue weighted by Crippen LogP contribution is 2.17. The van der Waals surface area contributed by atoms with Crippen molar-refractivity contribution in [2.75, 3.05) is 6.54 Å². The van der Waals surface area contributed by atoms with Gasteiger partial charge in [0.15, 0.2) is 0 Å². The van der Waals surface area contributed by atoms with Crippen LogP contribution in [0.2, 0.25) is 0 Å². The summed E-state index contributed by atoms with van der Waals surface area (Å²) in [5.74, 6) is 0. The molecule has 0 spiro atoms. The van der Waals surface area contributed by atoms with Crippen molar-refractivity contribution in [2.24, 2.45) is 0 Å². The summed E-state index contributed by atoms with van der Waals surface area (Å²) in [6.45, 7) is 13.4. The minimum atomic E-state index is -0.715. The van der Waals surface area contributed by atoms with E-state index in [9.17, 15) is 5.11 Å². The van der Waals surface area contributed by atoms with E-state index in [0.29, 0.717) is 12.5 Å². The molecule has 4 heteroatoms. The minimum Gasteiger partial charge on any atom is -0.390 e. The Labute approximate surface area is 123 Å². The fourth-order valence-electron chi connectivity index (χ4n) is 2.09. The molecule has 1 aromatic heterocycles. The zero-order valence-electron chi connectivity index (χ0n) is 13.9. The molecule has 0 aliphatic heterocycles. The number of nitrogens with zero attached hydrogens (tertiary/aromatic N) is 2. The lowest BCUT2D eigenvalue weighted by molar-refractivity contribution is 0.0488. The van der Waals surface area contributed by atoms with Crippen LogP contribution >= 0.6 is 0 Å². The molecule has 0 aliphatic rings. The SMILES string of the molecule is CCC(C)n1ccc(CC(C)(O)CCNC(C)(C)C)n1. The van der Waals surface area contributed by atoms with E-state index in [1.807, 2.05) is 23.9 Å². The number of hydrogen-bond acceptors (Lipinski definition) is 3. The highest BCUT2D eigenvalue weighted by Gasteiger charge is 2.23. The Balaban J connectivity index is 2.51. The summed E-state index contributed by atoms with van der Waals surface area (Å²) in [7, 11) is 0. The highest BCUT2D eigenvalue weighted by atomic mass is 16.3. The summed E-state index contributed by atoms with van der Waals surface area (Å²) in [5, 5.41) is 18.5. The average molecular weight is 281 g/mol. The number of aliphatic hydroxyl groups is 1. The normalized spacial score (nSPS) is 16.9. The van der Waals surface area contributed by atoms with Crippen molar-refractivity contribution in [3.05, 3.63) is 18.0 Å². The largest absolute Gasteiger partial charge is 0.390 e. The molecule has 0 aliphatic carbocycles. The first-order valence-corrected chi connectivity index (χ1v) is 7.64. The third-order valence-electron chi connectivity index (χ3n) is 3.59. The van der Waals surface area contributed by atoms with Gasteiger partial charge in [0.25, 0.3) is 0 Å². The van der Waals surface area contributed by atoms with Crippen LogP contribution in [0.5, 0.6) is 0 Å². The number of aromatic nitrogens is 2. The second-order valence-electron chi connectivity index (χ2n) is 7.14. The molecule has 0 saturated heterocycles. The monoisotopic (exact) mass is 281 g/mol. The lowest BCUT2D eigenvalue weighted by Crippen LogP contribution is -2.40. The van der Waals surface area contributed by atoms with E-state index in [4.69, 9.17) is 0 Å². The van der Waals surface area contributed by atoms with Crippen LogP contribution in [0.4, 0.5) is 0 Å². The van der Waals surface area contributed by atoms with Gasteiger partial charge in [0, 0.05) is 24.2 Å². The van der Waals surface area contributed by atoms with Crippen molar-refractivity contribution in [1.29, 1.82) is 0 Å². The molecule has 0 radical (unpaired) electrons. The lowest BCUT2D eigenvalue weighted by Gasteiger charge is -2.26. The van der Waals surface area contributed by atoms with Crippen molar-refractivity contribution < 1.29 is 5.11 Å². The van der Waals surface area contributed by atoms with Crippen molar-refractivity contribution in [1.82, 2.24) is 15.1 Å². The van der Waals surface area contributed by atoms with Crippen molar-refractivity contribution >= 4 is 0 Å². The summed E-state index contributed by atoms with van der Waals surface area (Å²) in [6, 6.07) is 2.42. The Bertz CT molecular complexity index is 404. The molecule has 2 unspecified atom stereocenters. The second kappa shape index (κ2) is 6.72. The zero-order valence-corrected chi connectivity index (χ0v) is 13.9. The van der Waals surface area contributed by atoms with Crippen molar-refractivity contribution in [2.45, 2.75) is 78.0 Å². The second-order valence-corrected chi connectivity index (χ2v) is 7.14. The van der Waals surface area contributed by atoms with E-state index in [1.54, 1.807) is 0 Å². The topological polar surface area (TPSA) is 50.1 Å². The molecule has 1 heterocycles. The summed E-state index contributed by atoms with van der Waals surface area (Å²) >= 11 is 0. The molecule has 1 rings (SSSR count). The van der Waals surface area contributed by atoms with Crippen LogP contribution in [0, 0.1) is 0 Å². The molecule has 2 atom stereocenters. The standard InChI is InChI=1S/C16H31N3O/c1-7-13(2)19-11-8-14(18-19)12-16(6,20)9-10-17-15(3,4)5/h8,11,13,17,20H,7,9-10,12H2,1-6H3. The molecule has 0 bridgehead atoms. The Kier molecular flexibility index (Phi) is 5.78. The van der Waals surface area contributed by atoms with Gasteiger partial charge in [0.2, 0.25) is 0 Å². The number of rotatable bonds is 7. The molecule has 1 aromatic rings. The molecule has 20 heavy (non-hydrogen) atoms. The van der Waals surface area contributed by atoms with Gasteiger partial charge < -0.3 is 10.4 Å². The maximum Gasteiger partial charge on any atom is 0.0687 e. The van der Waals surface area contributed by atoms with Crippen LogP contribution < -0.4 is 5.32 Å². The van der Waals surface area contributed by atoms with Gasteiger partial charge in [-0.15, -0.1) is 0 Å². The van der Waals surface area contributed by atoms with E-state index < -0.39 is 5.60 Å². The van der Waals surface area contributed by atoms with Gasteiger partial charge in [-0.1, -0.05) is 6.92 Å². The van der Waals surface area contributed by atoms with Gasteiger partial charge in [0.05, 0.1) is 11.3 Å². The van der Waals surface area contributed by atoms with Crippen LogP contribution in [0.25, 0.3) is 0 Å². The summed E-state index contributed by atoms with van der Waals surface area (Å²) in [5.41, 5.74) is 0.340. The van der Waals surface area contributed by atoms with Crippen LogP contribution in [0.3, 0.4) is 0 Å². The van der Waals surface area contributed by atoms with E-state index in [1.165, 1.54) is 0 Å². The summed E-state index contributed by atoms with van der Waals surface area (Å²) in [6.07, 6.45) is 4.39. The fraction of sp³-hybridized carbons (Fsp3) is 0.812. The Hall–Kier alpha value is -0.870. The van der Waals surface area contributed by atoms with Gasteiger partial charge in [-0.3, -0.25) is 4.68 Å². The van der Waals surface area contributed by atoms with Gasteiger partial charge in [-0.25, -0.2) is 0 Å². The van der Waals surface area contributed by atoms with Crippen LogP contribution in [-0.2, 0) is 6.42 Å². The molecule has 0 amide bonds. The van der Waals surface area contributed by atoms with E-state index in [2.05, 4.69) is 45.0 Å². The molecule has 2 N–H and O–H groups in total. The van der Waals surface area contributed by atoms with Gasteiger partial charge in [-0.05, 0) is 60.1 Å². The Morgan fingerprint density at radius 2 is 2.00 bits per heavy atom. The minimum absolute atomic E-state index is 0.0915. The predicted octanol–water partition coefficient (Wildman–Crippen LogP) is 2.93. The Morgan fingerprint density at radius 1 is 1.35 bits per heavy atom. The molecular weight excluding hydrogens is 250 g/mol. The third-order valence-corrected chi connectivity index (χ3v) is 3.59.